The number of hydrogen-bond acceptors (Lipinski definition) is 6. The Bertz CT molecular complexity index is 370. The van der Waals surface area contributed by atoms with E-state index in [1.54, 1.807) is 0 Å². The Balaban J connectivity index is -0.0000000675. The summed E-state index contributed by atoms with van der Waals surface area (Å²) in [6, 6.07) is 0. The van der Waals surface area contributed by atoms with Crippen LogP contribution in [0.5, 0.6) is 0 Å². The average Bonchev–Trinajstić information content (AvgIpc) is 2.10. The number of ketones is 3. The van der Waals surface area contributed by atoms with Crippen molar-refractivity contribution >= 4 is 17.3 Å². The predicted octanol–water partition coefficient (Wildman–Crippen LogP) is -1.31. The Morgan fingerprint density at radius 2 is 0.696 bits per heavy atom. The van der Waals surface area contributed by atoms with Gasteiger partial charge in [0.25, 0.3) is 0 Å². The Hall–Kier alpha value is -1.12. The average molecular weight is 474 g/mol. The molecule has 0 aromatic rings. The van der Waals surface area contributed by atoms with E-state index in [4.69, 9.17) is 0 Å². The van der Waals surface area contributed by atoms with Crippen LogP contribution < -0.4 is 15.3 Å². The summed E-state index contributed by atoms with van der Waals surface area (Å²) >= 11 is 0. The van der Waals surface area contributed by atoms with Crippen LogP contribution >= 0.6 is 0 Å². The summed E-state index contributed by atoms with van der Waals surface area (Å²) in [7, 11) is 0. The van der Waals surface area contributed by atoms with E-state index in [-0.39, 0.29) is 78.7 Å². The van der Waals surface area contributed by atoms with Gasteiger partial charge in [0.1, 0.15) is 0 Å². The molecule has 134 valence electrons. The number of carbonyl (C=O) groups excluding carboxylic acids is 3. The van der Waals surface area contributed by atoms with E-state index in [0.717, 1.165) is 18.2 Å². The minimum atomic E-state index is -0.187. The van der Waals surface area contributed by atoms with E-state index in [1.165, 1.54) is 41.5 Å². The van der Waals surface area contributed by atoms with Crippen LogP contribution in [0.4, 0.5) is 0 Å². The van der Waals surface area contributed by atoms with Crippen LogP contribution in [-0.4, -0.2) is 22.8 Å². The number of allylic oxidation sites excluding steroid dienone is 6. The normalized spacial score (nSPS) is 10.4. The van der Waals surface area contributed by atoms with Gasteiger partial charge in [0.2, 0.25) is 0 Å². The summed E-state index contributed by atoms with van der Waals surface area (Å²) in [6.45, 7) is 8.09. The molecule has 0 fully saturated rings. The summed E-state index contributed by atoms with van der Waals surface area (Å²) in [5.74, 6) is -1.12. The molecule has 0 amide bonds. The van der Waals surface area contributed by atoms with Gasteiger partial charge in [0.05, 0.1) is 0 Å². The van der Waals surface area contributed by atoms with E-state index >= 15 is 0 Å². The van der Waals surface area contributed by atoms with Gasteiger partial charge in [0, 0.05) is 0 Å². The first-order chi connectivity index (χ1) is 9.38. The molecule has 0 bridgehead atoms. The van der Waals surface area contributed by atoms with Crippen molar-refractivity contribution in [2.75, 3.05) is 0 Å². The van der Waals surface area contributed by atoms with Gasteiger partial charge >= 0.3 is 38.6 Å². The zero-order chi connectivity index (χ0) is 17.6. The van der Waals surface area contributed by atoms with Crippen molar-refractivity contribution in [1.29, 1.82) is 0 Å². The third kappa shape index (κ3) is 62.9. The van der Waals surface area contributed by atoms with Gasteiger partial charge in [0.15, 0.2) is 17.3 Å². The molecule has 0 unspecified atom stereocenters. The minimum Gasteiger partial charge on any atom is -0.876 e. The fraction of sp³-hybridized carbons (Fsp3) is 0.400. The molecule has 0 aromatic carbocycles. The summed E-state index contributed by atoms with van der Waals surface area (Å²) < 4.78 is 0. The number of hydrogen-bond donors (Lipinski definition) is 0. The van der Waals surface area contributed by atoms with Crippen molar-refractivity contribution in [3.05, 3.63) is 35.5 Å². The van der Waals surface area contributed by atoms with E-state index in [9.17, 15) is 29.7 Å². The Kier molecular flexibility index (Phi) is 30.4. The first kappa shape index (κ1) is 33.5. The van der Waals surface area contributed by atoms with E-state index in [1.807, 2.05) is 0 Å². The van der Waals surface area contributed by atoms with Crippen LogP contribution in [0, 0.1) is 38.6 Å². The van der Waals surface area contributed by atoms with Gasteiger partial charge in [-0.2, -0.15) is 0 Å². The molecule has 0 atom stereocenters. The molecule has 0 aromatic heterocycles. The maximum atomic E-state index is 9.98. The molecule has 0 rings (SSSR count). The molecular weight excluding hydrogens is 451 g/mol. The predicted molar refractivity (Wildman–Crippen MR) is 76.9 cm³/mol. The molecule has 0 heterocycles. The Morgan fingerprint density at radius 1 is 0.565 bits per heavy atom. The molecule has 8 heteroatoms. The summed E-state index contributed by atoms with van der Waals surface area (Å²) in [4.78, 5) is 29.9. The zero-order valence-corrected chi connectivity index (χ0v) is 16.2. The van der Waals surface area contributed by atoms with Gasteiger partial charge in [-0.25, -0.2) is 0 Å². The fourth-order valence-electron chi connectivity index (χ4n) is 0.859. The first-order valence-corrected chi connectivity index (χ1v) is 5.96. The number of rotatable bonds is 3. The van der Waals surface area contributed by atoms with E-state index < -0.39 is 0 Å². The smallest absolute Gasteiger partial charge is 0.876 e. The van der Waals surface area contributed by atoms with Gasteiger partial charge in [-0.15, -0.1) is 17.3 Å². The standard InChI is InChI=1S/3C5H8O2.H2O.Tb/c3*1-4(6)3-5(2)7;;/h3*3,6H,1-2H3;1H2;/q;;;;+3/p-3/b3*4-3-;;. The SMILES string of the molecule is CC(=O)/C=C(/C)[O-].CC(=O)/C=C(/C)[O-].CC(=O)/C=C(/C)[O-].O.[Tb+3]. The fourth-order valence-corrected chi connectivity index (χ4v) is 0.859. The second-order valence-electron chi connectivity index (χ2n) is 4.10. The molecule has 2 N–H and O–H groups in total. The monoisotopic (exact) mass is 474 g/mol. The zero-order valence-electron chi connectivity index (χ0n) is 14.0. The number of carbonyl (C=O) groups is 3. The topological polar surface area (TPSA) is 152 Å². The van der Waals surface area contributed by atoms with Crippen molar-refractivity contribution in [3.63, 3.8) is 0 Å². The third-order valence-corrected chi connectivity index (χ3v) is 1.22. The van der Waals surface area contributed by atoms with Crippen LogP contribution in [0.2, 0.25) is 0 Å². The molecular formula is C15H23O7Tb. The van der Waals surface area contributed by atoms with Gasteiger partial charge in [-0.05, 0) is 39.0 Å². The van der Waals surface area contributed by atoms with Crippen LogP contribution in [0.1, 0.15) is 41.5 Å². The largest absolute Gasteiger partial charge is 3.00 e. The van der Waals surface area contributed by atoms with E-state index in [0.29, 0.717) is 0 Å². The van der Waals surface area contributed by atoms with E-state index in [2.05, 4.69) is 0 Å². The summed E-state index contributed by atoms with van der Waals surface area (Å²) in [5.41, 5.74) is 0. The van der Waals surface area contributed by atoms with Crippen LogP contribution in [0.25, 0.3) is 0 Å². The Labute approximate surface area is 167 Å². The molecule has 0 radical (unpaired) electrons. The third-order valence-electron chi connectivity index (χ3n) is 1.22. The van der Waals surface area contributed by atoms with Crippen molar-refractivity contribution < 1.29 is 73.8 Å². The van der Waals surface area contributed by atoms with Crippen LogP contribution in [-0.2, 0) is 14.4 Å². The maximum absolute atomic E-state index is 9.98. The quantitative estimate of drug-likeness (QED) is 0.366. The second kappa shape index (κ2) is 20.9. The van der Waals surface area contributed by atoms with Crippen molar-refractivity contribution in [2.45, 2.75) is 41.5 Å². The molecule has 23 heavy (non-hydrogen) atoms. The molecule has 0 aliphatic carbocycles. The van der Waals surface area contributed by atoms with Crippen LogP contribution in [0.15, 0.2) is 35.5 Å². The second-order valence-corrected chi connectivity index (χ2v) is 4.10. The molecule has 7 nitrogen and oxygen atoms in total. The van der Waals surface area contributed by atoms with Crippen molar-refractivity contribution in [3.8, 4) is 0 Å². The van der Waals surface area contributed by atoms with Gasteiger partial charge in [-0.3, -0.25) is 14.4 Å². The van der Waals surface area contributed by atoms with Crippen molar-refractivity contribution in [1.82, 2.24) is 0 Å². The minimum absolute atomic E-state index is 0. The summed E-state index contributed by atoms with van der Waals surface area (Å²) in [6.07, 6.45) is 3.17. The summed E-state index contributed by atoms with van der Waals surface area (Å²) in [5, 5.41) is 29.9. The Morgan fingerprint density at radius 3 is 0.696 bits per heavy atom. The van der Waals surface area contributed by atoms with Gasteiger partial charge < -0.3 is 20.8 Å². The van der Waals surface area contributed by atoms with Crippen LogP contribution in [0.3, 0.4) is 0 Å². The van der Waals surface area contributed by atoms with Gasteiger partial charge in [-0.1, -0.05) is 20.8 Å². The first-order valence-electron chi connectivity index (χ1n) is 5.96. The molecule has 0 saturated carbocycles. The molecule has 0 spiro atoms. The molecule has 0 saturated heterocycles. The maximum Gasteiger partial charge on any atom is 3.00 e. The molecule has 0 aliphatic rings. The molecule has 0 aliphatic heterocycles. The van der Waals surface area contributed by atoms with Crippen molar-refractivity contribution in [2.24, 2.45) is 0 Å².